The maximum absolute atomic E-state index is 12.3. The molecule has 0 aliphatic carbocycles. The monoisotopic (exact) mass is 281 g/mol. The number of carbonyl (C=O) groups is 1. The number of hydrogen-bond acceptors (Lipinski definition) is 2. The zero-order valence-electron chi connectivity index (χ0n) is 11.2. The molecule has 1 aliphatic rings. The van der Waals surface area contributed by atoms with Gasteiger partial charge in [-0.25, -0.2) is 4.79 Å². The molecule has 0 saturated carbocycles. The Labute approximate surface area is 119 Å². The van der Waals surface area contributed by atoms with E-state index in [4.69, 9.17) is 11.6 Å². The lowest BCUT2D eigenvalue weighted by Gasteiger charge is -2.34. The van der Waals surface area contributed by atoms with Crippen molar-refractivity contribution in [2.24, 2.45) is 0 Å². The summed E-state index contributed by atoms with van der Waals surface area (Å²) in [5.74, 6) is 0. The van der Waals surface area contributed by atoms with Crippen molar-refractivity contribution in [3.05, 3.63) is 29.3 Å². The Hall–Kier alpha value is -1.26. The Morgan fingerprint density at radius 2 is 2.11 bits per heavy atom. The Morgan fingerprint density at radius 1 is 1.42 bits per heavy atom. The van der Waals surface area contributed by atoms with Crippen LogP contribution >= 0.6 is 11.6 Å². The first-order chi connectivity index (χ1) is 9.22. The van der Waals surface area contributed by atoms with Gasteiger partial charge in [0.1, 0.15) is 0 Å². The topological polar surface area (TPSA) is 44.4 Å². The maximum Gasteiger partial charge on any atom is 0.322 e. The number of amides is 2. The molecule has 2 N–H and O–H groups in total. The summed E-state index contributed by atoms with van der Waals surface area (Å²) in [6.07, 6.45) is 2.01. The van der Waals surface area contributed by atoms with Gasteiger partial charge in [0.2, 0.25) is 0 Å². The minimum Gasteiger partial charge on any atom is -0.322 e. The molecule has 2 amide bonds. The predicted octanol–water partition coefficient (Wildman–Crippen LogP) is 2.95. The highest BCUT2D eigenvalue weighted by Gasteiger charge is 2.24. The highest BCUT2D eigenvalue weighted by molar-refractivity contribution is 6.33. The largest absolute Gasteiger partial charge is 0.322 e. The van der Waals surface area contributed by atoms with Gasteiger partial charge >= 0.3 is 6.03 Å². The Bertz CT molecular complexity index is 432. The second kappa shape index (κ2) is 6.78. The summed E-state index contributed by atoms with van der Waals surface area (Å²) in [4.78, 5) is 14.2. The van der Waals surface area contributed by atoms with Crippen molar-refractivity contribution in [3.8, 4) is 0 Å². The van der Waals surface area contributed by atoms with Crippen LogP contribution in [-0.2, 0) is 0 Å². The minimum absolute atomic E-state index is 0.0671. The number of benzene rings is 1. The van der Waals surface area contributed by atoms with Crippen molar-refractivity contribution in [1.29, 1.82) is 0 Å². The van der Waals surface area contributed by atoms with Crippen LogP contribution in [0, 0.1) is 0 Å². The first-order valence-corrected chi connectivity index (χ1v) is 7.13. The van der Waals surface area contributed by atoms with Gasteiger partial charge in [-0.05, 0) is 45.0 Å². The third kappa shape index (κ3) is 3.61. The van der Waals surface area contributed by atoms with E-state index in [9.17, 15) is 4.79 Å². The number of hydrogen-bond donors (Lipinski definition) is 2. The zero-order chi connectivity index (χ0) is 13.7. The summed E-state index contributed by atoms with van der Waals surface area (Å²) in [5, 5.41) is 6.77. The molecule has 5 heteroatoms. The van der Waals surface area contributed by atoms with E-state index in [0.717, 1.165) is 25.9 Å². The van der Waals surface area contributed by atoms with Crippen molar-refractivity contribution in [2.45, 2.75) is 25.8 Å². The number of nitrogens with one attached hydrogen (secondary N) is 2. The van der Waals surface area contributed by atoms with Crippen LogP contribution in [0.2, 0.25) is 5.02 Å². The van der Waals surface area contributed by atoms with Gasteiger partial charge in [-0.2, -0.15) is 0 Å². The molecular weight excluding hydrogens is 262 g/mol. The van der Waals surface area contributed by atoms with E-state index in [1.807, 2.05) is 30.0 Å². The van der Waals surface area contributed by atoms with E-state index in [-0.39, 0.29) is 6.03 Å². The minimum atomic E-state index is -0.0671. The van der Waals surface area contributed by atoms with Crippen molar-refractivity contribution in [1.82, 2.24) is 10.2 Å². The second-order valence-electron chi connectivity index (χ2n) is 4.68. The molecule has 2 rings (SSSR count). The van der Waals surface area contributed by atoms with Crippen LogP contribution in [0.1, 0.15) is 19.8 Å². The second-order valence-corrected chi connectivity index (χ2v) is 5.08. The van der Waals surface area contributed by atoms with Crippen LogP contribution in [-0.4, -0.2) is 36.6 Å². The maximum atomic E-state index is 12.3. The zero-order valence-corrected chi connectivity index (χ0v) is 11.9. The average molecular weight is 282 g/mol. The third-order valence-electron chi connectivity index (χ3n) is 3.47. The van der Waals surface area contributed by atoms with Crippen LogP contribution in [0.3, 0.4) is 0 Å². The predicted molar refractivity (Wildman–Crippen MR) is 78.7 cm³/mol. The van der Waals surface area contributed by atoms with E-state index in [2.05, 4.69) is 10.6 Å². The summed E-state index contributed by atoms with van der Waals surface area (Å²) in [6.45, 7) is 4.66. The normalized spacial score (nSPS) is 16.1. The molecule has 0 atom stereocenters. The van der Waals surface area contributed by atoms with E-state index in [1.165, 1.54) is 0 Å². The first-order valence-electron chi connectivity index (χ1n) is 6.75. The standard InChI is InChI=1S/C14H20ClN3O/c1-2-18(11-7-9-16-10-8-11)14(19)17-13-6-4-3-5-12(13)15/h3-6,11,16H,2,7-10H2,1H3,(H,17,19). The van der Waals surface area contributed by atoms with Crippen LogP contribution < -0.4 is 10.6 Å². The third-order valence-corrected chi connectivity index (χ3v) is 3.80. The van der Waals surface area contributed by atoms with Crippen LogP contribution in [0.5, 0.6) is 0 Å². The van der Waals surface area contributed by atoms with Crippen LogP contribution in [0.25, 0.3) is 0 Å². The first kappa shape index (κ1) is 14.2. The van der Waals surface area contributed by atoms with Crippen molar-refractivity contribution in [3.63, 3.8) is 0 Å². The number of nitrogens with zero attached hydrogens (tertiary/aromatic N) is 1. The van der Waals surface area contributed by atoms with Gasteiger partial charge in [-0.1, -0.05) is 23.7 Å². The number of urea groups is 1. The van der Waals surface area contributed by atoms with Crippen molar-refractivity contribution < 1.29 is 4.79 Å². The lowest BCUT2D eigenvalue weighted by Crippen LogP contribution is -2.47. The summed E-state index contributed by atoms with van der Waals surface area (Å²) in [7, 11) is 0. The number of anilines is 1. The molecule has 0 aromatic heterocycles. The molecule has 0 bridgehead atoms. The summed E-state index contributed by atoms with van der Waals surface area (Å²) in [6, 6.07) is 7.55. The molecule has 0 unspecified atom stereocenters. The number of piperidine rings is 1. The molecule has 1 aromatic rings. The Kier molecular flexibility index (Phi) is 5.05. The highest BCUT2D eigenvalue weighted by Crippen LogP contribution is 2.21. The van der Waals surface area contributed by atoms with Gasteiger partial charge < -0.3 is 15.5 Å². The number of para-hydroxylation sites is 1. The van der Waals surface area contributed by atoms with Gasteiger partial charge in [0.25, 0.3) is 0 Å². The van der Waals surface area contributed by atoms with Crippen molar-refractivity contribution >= 4 is 23.3 Å². The Balaban J connectivity index is 2.02. The molecule has 1 heterocycles. The van der Waals surface area contributed by atoms with Gasteiger partial charge in [-0.3, -0.25) is 0 Å². The number of carbonyl (C=O) groups excluding carboxylic acids is 1. The number of halogens is 1. The molecule has 1 saturated heterocycles. The van der Waals surface area contributed by atoms with Crippen LogP contribution in [0.15, 0.2) is 24.3 Å². The summed E-state index contributed by atoms with van der Waals surface area (Å²) < 4.78 is 0. The lowest BCUT2D eigenvalue weighted by molar-refractivity contribution is 0.175. The molecule has 1 fully saturated rings. The van der Waals surface area contributed by atoms with Gasteiger partial charge in [-0.15, -0.1) is 0 Å². The number of rotatable bonds is 3. The SMILES string of the molecule is CCN(C(=O)Nc1ccccc1Cl)C1CCNCC1. The van der Waals surface area contributed by atoms with E-state index < -0.39 is 0 Å². The van der Waals surface area contributed by atoms with E-state index >= 15 is 0 Å². The molecular formula is C14H20ClN3O. The van der Waals surface area contributed by atoms with Gasteiger partial charge in [0.15, 0.2) is 0 Å². The van der Waals surface area contributed by atoms with Crippen molar-refractivity contribution in [2.75, 3.05) is 25.0 Å². The molecule has 4 nitrogen and oxygen atoms in total. The Morgan fingerprint density at radius 3 is 2.74 bits per heavy atom. The fourth-order valence-electron chi connectivity index (χ4n) is 2.44. The fraction of sp³-hybridized carbons (Fsp3) is 0.500. The molecule has 0 spiro atoms. The van der Waals surface area contributed by atoms with Crippen LogP contribution in [0.4, 0.5) is 10.5 Å². The lowest BCUT2D eigenvalue weighted by atomic mass is 10.1. The van der Waals surface area contributed by atoms with E-state index in [0.29, 0.717) is 23.3 Å². The van der Waals surface area contributed by atoms with Gasteiger partial charge in [0.05, 0.1) is 10.7 Å². The molecule has 19 heavy (non-hydrogen) atoms. The highest BCUT2D eigenvalue weighted by atomic mass is 35.5. The average Bonchev–Trinajstić information content (AvgIpc) is 2.43. The summed E-state index contributed by atoms with van der Waals surface area (Å²) in [5.41, 5.74) is 0.668. The molecule has 104 valence electrons. The summed E-state index contributed by atoms with van der Waals surface area (Å²) >= 11 is 6.06. The molecule has 1 aliphatic heterocycles. The quantitative estimate of drug-likeness (QED) is 0.895. The molecule has 1 aromatic carbocycles. The fourth-order valence-corrected chi connectivity index (χ4v) is 2.62. The van der Waals surface area contributed by atoms with E-state index in [1.54, 1.807) is 6.07 Å². The van der Waals surface area contributed by atoms with Gasteiger partial charge in [0, 0.05) is 12.6 Å². The molecule has 0 radical (unpaired) electrons. The smallest absolute Gasteiger partial charge is 0.322 e.